The topological polar surface area (TPSA) is 69.9 Å². The molecule has 6 nitrogen and oxygen atoms in total. The van der Waals surface area contributed by atoms with E-state index in [4.69, 9.17) is 4.74 Å². The summed E-state index contributed by atoms with van der Waals surface area (Å²) in [6.07, 6.45) is 1.63. The summed E-state index contributed by atoms with van der Waals surface area (Å²) in [5, 5.41) is 8.07. The molecule has 2 rings (SSSR count). The highest BCUT2D eigenvalue weighted by Crippen LogP contribution is 2.12. The Balaban J connectivity index is 2.29. The van der Waals surface area contributed by atoms with Crippen molar-refractivity contribution in [1.29, 1.82) is 0 Å². The van der Waals surface area contributed by atoms with E-state index >= 15 is 0 Å². The number of hydrogen-bond acceptors (Lipinski definition) is 5. The maximum absolute atomic E-state index is 11.9. The lowest BCUT2D eigenvalue weighted by Gasteiger charge is -2.07. The van der Waals surface area contributed by atoms with E-state index in [1.54, 1.807) is 11.6 Å². The molecule has 0 bridgehead atoms. The molecule has 0 aliphatic rings. The molecule has 112 valence electrons. The van der Waals surface area contributed by atoms with Crippen LogP contribution in [0.5, 0.6) is 0 Å². The molecule has 0 spiro atoms. The first-order valence-electron chi connectivity index (χ1n) is 7.17. The molecule has 0 aliphatic carbocycles. The Bertz CT molecular complexity index is 622. The third-order valence-corrected chi connectivity index (χ3v) is 3.05. The first-order valence-corrected chi connectivity index (χ1v) is 7.17. The summed E-state index contributed by atoms with van der Waals surface area (Å²) in [6, 6.07) is 5.84. The summed E-state index contributed by atoms with van der Waals surface area (Å²) >= 11 is 0. The molecular weight excluding hydrogens is 268 g/mol. The predicted molar refractivity (Wildman–Crippen MR) is 78.0 cm³/mol. The van der Waals surface area contributed by atoms with Crippen molar-refractivity contribution in [1.82, 2.24) is 20.0 Å². The summed E-state index contributed by atoms with van der Waals surface area (Å²) in [5.41, 5.74) is 2.97. The van der Waals surface area contributed by atoms with Gasteiger partial charge in [0.2, 0.25) is 0 Å². The molecule has 2 heterocycles. The summed E-state index contributed by atoms with van der Waals surface area (Å²) in [5.74, 6) is -0.413. The number of ether oxygens (including phenoxy) is 1. The van der Waals surface area contributed by atoms with Crippen molar-refractivity contribution in [3.05, 3.63) is 41.0 Å². The SMILES string of the molecule is CCCc1c(C(=O)OCC)nnn1Cc1cccc(C)n1. The van der Waals surface area contributed by atoms with Crippen molar-refractivity contribution in [2.75, 3.05) is 6.61 Å². The van der Waals surface area contributed by atoms with Gasteiger partial charge in [-0.1, -0.05) is 24.6 Å². The lowest BCUT2D eigenvalue weighted by molar-refractivity contribution is 0.0518. The molecule has 0 aromatic carbocycles. The molecule has 0 N–H and O–H groups in total. The quantitative estimate of drug-likeness (QED) is 0.762. The van der Waals surface area contributed by atoms with Gasteiger partial charge in [-0.2, -0.15) is 0 Å². The molecule has 21 heavy (non-hydrogen) atoms. The van der Waals surface area contributed by atoms with Crippen molar-refractivity contribution < 1.29 is 9.53 Å². The van der Waals surface area contributed by atoms with Gasteiger partial charge in [-0.15, -0.1) is 5.10 Å². The fraction of sp³-hybridized carbons (Fsp3) is 0.467. The van der Waals surface area contributed by atoms with Gasteiger partial charge in [0.05, 0.1) is 24.5 Å². The van der Waals surface area contributed by atoms with E-state index in [-0.39, 0.29) is 0 Å². The Morgan fingerprint density at radius 2 is 2.14 bits per heavy atom. The van der Waals surface area contributed by atoms with Crippen LogP contribution in [0.1, 0.15) is 47.8 Å². The zero-order valence-electron chi connectivity index (χ0n) is 12.7. The minimum Gasteiger partial charge on any atom is -0.461 e. The van der Waals surface area contributed by atoms with Crippen LogP contribution in [0, 0.1) is 6.92 Å². The van der Waals surface area contributed by atoms with Gasteiger partial charge >= 0.3 is 5.97 Å². The summed E-state index contributed by atoms with van der Waals surface area (Å²) < 4.78 is 6.76. The second-order valence-electron chi connectivity index (χ2n) is 4.78. The van der Waals surface area contributed by atoms with E-state index in [1.807, 2.05) is 25.1 Å². The summed E-state index contributed by atoms with van der Waals surface area (Å²) in [7, 11) is 0. The van der Waals surface area contributed by atoms with Gasteiger partial charge in [-0.05, 0) is 32.4 Å². The lowest BCUT2D eigenvalue weighted by atomic mass is 10.2. The summed E-state index contributed by atoms with van der Waals surface area (Å²) in [4.78, 5) is 16.4. The van der Waals surface area contributed by atoms with Crippen LogP contribution in [0.15, 0.2) is 18.2 Å². The second-order valence-corrected chi connectivity index (χ2v) is 4.78. The van der Waals surface area contributed by atoms with Gasteiger partial charge in [-0.25, -0.2) is 9.48 Å². The maximum Gasteiger partial charge on any atom is 0.360 e. The predicted octanol–water partition coefficient (Wildman–Crippen LogP) is 2.16. The molecule has 0 saturated heterocycles. The van der Waals surface area contributed by atoms with E-state index in [1.165, 1.54) is 0 Å². The van der Waals surface area contributed by atoms with Crippen molar-refractivity contribution in [3.8, 4) is 0 Å². The van der Waals surface area contributed by atoms with E-state index in [0.29, 0.717) is 18.8 Å². The Labute approximate surface area is 124 Å². The number of rotatable bonds is 6. The first-order chi connectivity index (χ1) is 10.2. The molecule has 2 aromatic heterocycles. The van der Waals surface area contributed by atoms with E-state index in [2.05, 4.69) is 22.2 Å². The minimum absolute atomic E-state index is 0.311. The van der Waals surface area contributed by atoms with Crippen LogP contribution in [0.25, 0.3) is 0 Å². The third kappa shape index (κ3) is 3.65. The standard InChI is InChI=1S/C15H20N4O2/c1-4-7-13-14(15(20)21-5-2)17-18-19(13)10-12-9-6-8-11(3)16-12/h6,8-9H,4-5,7,10H2,1-3H3. The van der Waals surface area contributed by atoms with Gasteiger partial charge in [-0.3, -0.25) is 4.98 Å². The molecule has 2 aromatic rings. The average molecular weight is 288 g/mol. The number of hydrogen-bond donors (Lipinski definition) is 0. The second kappa shape index (κ2) is 6.97. The number of nitrogens with zero attached hydrogens (tertiary/aromatic N) is 4. The normalized spacial score (nSPS) is 10.6. The van der Waals surface area contributed by atoms with Crippen molar-refractivity contribution >= 4 is 5.97 Å². The molecule has 0 saturated carbocycles. The Kier molecular flexibility index (Phi) is 5.03. The zero-order valence-corrected chi connectivity index (χ0v) is 12.7. The van der Waals surface area contributed by atoms with Crippen LogP contribution in [-0.2, 0) is 17.7 Å². The number of esters is 1. The highest BCUT2D eigenvalue weighted by molar-refractivity contribution is 5.88. The van der Waals surface area contributed by atoms with Crippen LogP contribution in [0.2, 0.25) is 0 Å². The van der Waals surface area contributed by atoms with Gasteiger partial charge in [0.1, 0.15) is 0 Å². The number of aryl methyl sites for hydroxylation is 1. The van der Waals surface area contributed by atoms with E-state index < -0.39 is 5.97 Å². The van der Waals surface area contributed by atoms with Gasteiger partial charge < -0.3 is 4.74 Å². The number of carbonyl (C=O) groups is 1. The Morgan fingerprint density at radius 3 is 2.81 bits per heavy atom. The summed E-state index contributed by atoms with van der Waals surface area (Å²) in [6.45, 7) is 6.61. The van der Waals surface area contributed by atoms with Crippen molar-refractivity contribution in [2.45, 2.75) is 40.2 Å². The monoisotopic (exact) mass is 288 g/mol. The smallest absolute Gasteiger partial charge is 0.360 e. The Hall–Kier alpha value is -2.24. The fourth-order valence-electron chi connectivity index (χ4n) is 2.14. The molecular formula is C15H20N4O2. The molecule has 0 aliphatic heterocycles. The van der Waals surface area contributed by atoms with Gasteiger partial charge in [0.15, 0.2) is 5.69 Å². The van der Waals surface area contributed by atoms with Gasteiger partial charge in [0, 0.05) is 5.69 Å². The number of carbonyl (C=O) groups excluding carboxylic acids is 1. The highest BCUT2D eigenvalue weighted by Gasteiger charge is 2.20. The average Bonchev–Trinajstić information content (AvgIpc) is 2.83. The van der Waals surface area contributed by atoms with Crippen LogP contribution < -0.4 is 0 Å². The van der Waals surface area contributed by atoms with Crippen LogP contribution in [0.4, 0.5) is 0 Å². The van der Waals surface area contributed by atoms with E-state index in [9.17, 15) is 4.79 Å². The highest BCUT2D eigenvalue weighted by atomic mass is 16.5. The molecule has 0 fully saturated rings. The lowest BCUT2D eigenvalue weighted by Crippen LogP contribution is -2.12. The van der Waals surface area contributed by atoms with Crippen molar-refractivity contribution in [3.63, 3.8) is 0 Å². The number of aromatic nitrogens is 4. The van der Waals surface area contributed by atoms with Crippen LogP contribution >= 0.6 is 0 Å². The third-order valence-electron chi connectivity index (χ3n) is 3.05. The minimum atomic E-state index is -0.413. The molecule has 0 atom stereocenters. The molecule has 6 heteroatoms. The maximum atomic E-state index is 11.9. The Morgan fingerprint density at radius 1 is 1.33 bits per heavy atom. The zero-order chi connectivity index (χ0) is 15.2. The van der Waals surface area contributed by atoms with E-state index in [0.717, 1.165) is 29.9 Å². The first kappa shape index (κ1) is 15.2. The fourth-order valence-corrected chi connectivity index (χ4v) is 2.14. The number of pyridine rings is 1. The van der Waals surface area contributed by atoms with Gasteiger partial charge in [0.25, 0.3) is 0 Å². The van der Waals surface area contributed by atoms with Crippen LogP contribution in [0.3, 0.4) is 0 Å². The largest absolute Gasteiger partial charge is 0.461 e. The molecule has 0 radical (unpaired) electrons. The van der Waals surface area contributed by atoms with Crippen molar-refractivity contribution in [2.24, 2.45) is 0 Å². The molecule has 0 amide bonds. The molecule has 0 unspecified atom stereocenters. The van der Waals surface area contributed by atoms with Crippen LogP contribution in [-0.4, -0.2) is 32.6 Å².